The highest BCUT2D eigenvalue weighted by Crippen LogP contribution is 2.38. The number of rotatable bonds is 4. The minimum atomic E-state index is -4.48. The molecule has 1 aromatic heterocycles. The van der Waals surface area contributed by atoms with Crippen molar-refractivity contribution in [3.63, 3.8) is 0 Å². The number of aromatic nitrogens is 1. The van der Waals surface area contributed by atoms with Crippen LogP contribution in [0.15, 0.2) is 12.3 Å². The molecule has 1 N–H and O–H groups in total. The van der Waals surface area contributed by atoms with Crippen molar-refractivity contribution in [1.29, 1.82) is 0 Å². The van der Waals surface area contributed by atoms with Crippen molar-refractivity contribution in [2.75, 3.05) is 19.8 Å². The number of carbonyl (C=O) groups excluding carboxylic acids is 1. The van der Waals surface area contributed by atoms with Crippen molar-refractivity contribution in [2.45, 2.75) is 57.4 Å². The fraction of sp³-hybridized carbons (Fsp3) is 0.667. The number of carbonyl (C=O) groups is 1. The molecule has 0 aliphatic carbocycles. The van der Waals surface area contributed by atoms with Crippen LogP contribution in [-0.2, 0) is 22.3 Å². The van der Waals surface area contributed by atoms with E-state index in [9.17, 15) is 18.0 Å². The molecule has 5 nitrogen and oxygen atoms in total. The Morgan fingerprint density at radius 1 is 1.35 bits per heavy atom. The lowest BCUT2D eigenvalue weighted by Crippen LogP contribution is -2.39. The number of hydrogen-bond donors (Lipinski definition) is 1. The Bertz CT molecular complexity index is 645. The summed E-state index contributed by atoms with van der Waals surface area (Å²) in [6.07, 6.45) is 0.361. The summed E-state index contributed by atoms with van der Waals surface area (Å²) in [6, 6.07) is 1.42. The van der Waals surface area contributed by atoms with Crippen LogP contribution in [0, 0.1) is 0 Å². The van der Waals surface area contributed by atoms with Gasteiger partial charge in [-0.1, -0.05) is 0 Å². The summed E-state index contributed by atoms with van der Waals surface area (Å²) in [4.78, 5) is 17.7. The first kappa shape index (κ1) is 19.1. The Morgan fingerprint density at radius 3 is 2.73 bits per heavy atom. The first-order valence-electron chi connectivity index (χ1n) is 9.00. The van der Waals surface area contributed by atoms with Gasteiger partial charge in [0.2, 0.25) is 5.91 Å². The summed E-state index contributed by atoms with van der Waals surface area (Å²) in [7, 11) is 0. The van der Waals surface area contributed by atoms with Crippen LogP contribution < -0.4 is 5.32 Å². The second-order valence-electron chi connectivity index (χ2n) is 6.91. The summed E-state index contributed by atoms with van der Waals surface area (Å²) < 4.78 is 46.0. The quantitative estimate of drug-likeness (QED) is 0.884. The number of pyridine rings is 1. The zero-order chi connectivity index (χ0) is 18.7. The number of ether oxygens (including phenoxy) is 1. The van der Waals surface area contributed by atoms with E-state index in [1.54, 1.807) is 0 Å². The average Bonchev–Trinajstić information content (AvgIpc) is 3.09. The molecule has 2 aliphatic rings. The van der Waals surface area contributed by atoms with E-state index >= 15 is 0 Å². The Labute approximate surface area is 150 Å². The molecular formula is C18H24F3N3O2. The molecule has 0 saturated carbocycles. The number of alkyl halides is 3. The maximum atomic E-state index is 13.5. The molecule has 1 atom stereocenters. The number of halogens is 3. The Hall–Kier alpha value is -1.67. The van der Waals surface area contributed by atoms with Gasteiger partial charge in [0.05, 0.1) is 17.3 Å². The SMILES string of the molecule is CC(=O)NCc1cnc([C@@H]2CCCN2C2CCOCC2)cc1C(F)(F)F. The first-order valence-corrected chi connectivity index (χ1v) is 9.00. The molecule has 0 bridgehead atoms. The predicted molar refractivity (Wildman–Crippen MR) is 89.3 cm³/mol. The molecule has 1 amide bonds. The van der Waals surface area contributed by atoms with Gasteiger partial charge in [-0.15, -0.1) is 0 Å². The summed E-state index contributed by atoms with van der Waals surface area (Å²) in [5.41, 5.74) is -0.255. The van der Waals surface area contributed by atoms with E-state index in [1.807, 2.05) is 0 Å². The monoisotopic (exact) mass is 371 g/mol. The normalized spacial score (nSPS) is 22.5. The van der Waals surface area contributed by atoms with Gasteiger partial charge in [0.1, 0.15) is 0 Å². The standard InChI is InChI=1S/C18H24F3N3O2/c1-12(25)22-10-13-11-23-16(9-15(13)18(19,20)21)17-3-2-6-24(17)14-4-7-26-8-5-14/h9,11,14,17H,2-8,10H2,1H3,(H,22,25)/t17-/m0/s1. The van der Waals surface area contributed by atoms with Gasteiger partial charge in [0.25, 0.3) is 0 Å². The van der Waals surface area contributed by atoms with Crippen LogP contribution in [0.2, 0.25) is 0 Å². The number of amides is 1. The molecule has 3 heterocycles. The predicted octanol–water partition coefficient (Wildman–Crippen LogP) is 3.05. The zero-order valence-corrected chi connectivity index (χ0v) is 14.8. The smallest absolute Gasteiger partial charge is 0.381 e. The lowest BCUT2D eigenvalue weighted by molar-refractivity contribution is -0.138. The summed E-state index contributed by atoms with van der Waals surface area (Å²) >= 11 is 0. The third-order valence-electron chi connectivity index (χ3n) is 5.14. The van der Waals surface area contributed by atoms with Crippen molar-refractivity contribution in [3.8, 4) is 0 Å². The lowest BCUT2D eigenvalue weighted by Gasteiger charge is -2.35. The Kier molecular flexibility index (Phi) is 5.82. The maximum absolute atomic E-state index is 13.5. The van der Waals surface area contributed by atoms with Gasteiger partial charge in [0.15, 0.2) is 0 Å². The molecule has 0 radical (unpaired) electrons. The number of nitrogens with zero attached hydrogens (tertiary/aromatic N) is 2. The molecule has 8 heteroatoms. The van der Waals surface area contributed by atoms with Crippen LogP contribution in [0.3, 0.4) is 0 Å². The molecule has 0 unspecified atom stereocenters. The second kappa shape index (κ2) is 7.92. The van der Waals surface area contributed by atoms with Crippen LogP contribution in [0.1, 0.15) is 55.5 Å². The average molecular weight is 371 g/mol. The summed E-state index contributed by atoms with van der Waals surface area (Å²) in [5, 5.41) is 2.42. The third-order valence-corrected chi connectivity index (χ3v) is 5.14. The van der Waals surface area contributed by atoms with E-state index in [1.165, 1.54) is 19.2 Å². The van der Waals surface area contributed by atoms with Gasteiger partial charge in [0, 0.05) is 44.5 Å². The minimum absolute atomic E-state index is 0.00735. The molecule has 144 valence electrons. The zero-order valence-electron chi connectivity index (χ0n) is 14.8. The Morgan fingerprint density at radius 2 is 2.08 bits per heavy atom. The molecule has 3 rings (SSSR count). The molecule has 0 spiro atoms. The fourth-order valence-corrected chi connectivity index (χ4v) is 3.87. The number of hydrogen-bond acceptors (Lipinski definition) is 4. The molecule has 1 aromatic rings. The molecule has 2 saturated heterocycles. The number of nitrogens with one attached hydrogen (secondary N) is 1. The van der Waals surface area contributed by atoms with Gasteiger partial charge < -0.3 is 10.1 Å². The van der Waals surface area contributed by atoms with Crippen LogP contribution in [-0.4, -0.2) is 41.6 Å². The van der Waals surface area contributed by atoms with Crippen LogP contribution in [0.4, 0.5) is 13.2 Å². The van der Waals surface area contributed by atoms with E-state index in [0.29, 0.717) is 24.9 Å². The van der Waals surface area contributed by atoms with Gasteiger partial charge >= 0.3 is 6.18 Å². The van der Waals surface area contributed by atoms with Crippen molar-refractivity contribution in [2.24, 2.45) is 0 Å². The van der Waals surface area contributed by atoms with Crippen molar-refractivity contribution in [3.05, 3.63) is 29.1 Å². The van der Waals surface area contributed by atoms with Gasteiger partial charge in [-0.05, 0) is 38.3 Å². The van der Waals surface area contributed by atoms with Crippen molar-refractivity contribution >= 4 is 5.91 Å². The van der Waals surface area contributed by atoms with E-state index in [-0.39, 0.29) is 24.1 Å². The molecular weight excluding hydrogens is 347 g/mol. The van der Waals surface area contributed by atoms with Crippen LogP contribution >= 0.6 is 0 Å². The number of likely N-dealkylation sites (tertiary alicyclic amines) is 1. The Balaban J connectivity index is 1.85. The maximum Gasteiger partial charge on any atom is 0.416 e. The molecule has 0 aromatic carbocycles. The lowest BCUT2D eigenvalue weighted by atomic mass is 10.0. The van der Waals surface area contributed by atoms with E-state index in [0.717, 1.165) is 32.2 Å². The van der Waals surface area contributed by atoms with Crippen molar-refractivity contribution in [1.82, 2.24) is 15.2 Å². The van der Waals surface area contributed by atoms with E-state index in [2.05, 4.69) is 15.2 Å². The van der Waals surface area contributed by atoms with Crippen LogP contribution in [0.25, 0.3) is 0 Å². The highest BCUT2D eigenvalue weighted by Gasteiger charge is 2.37. The largest absolute Gasteiger partial charge is 0.416 e. The van der Waals surface area contributed by atoms with Gasteiger partial charge in [-0.2, -0.15) is 13.2 Å². The highest BCUT2D eigenvalue weighted by molar-refractivity contribution is 5.72. The molecule has 2 fully saturated rings. The molecule has 2 aliphatic heterocycles. The second-order valence-corrected chi connectivity index (χ2v) is 6.91. The summed E-state index contributed by atoms with van der Waals surface area (Å²) in [5.74, 6) is -0.372. The highest BCUT2D eigenvalue weighted by atomic mass is 19.4. The topological polar surface area (TPSA) is 54.5 Å². The molecule has 26 heavy (non-hydrogen) atoms. The van der Waals surface area contributed by atoms with Gasteiger partial charge in [-0.3, -0.25) is 14.7 Å². The third kappa shape index (κ3) is 4.35. The van der Waals surface area contributed by atoms with Gasteiger partial charge in [-0.25, -0.2) is 0 Å². The van der Waals surface area contributed by atoms with Crippen LogP contribution in [0.5, 0.6) is 0 Å². The van der Waals surface area contributed by atoms with E-state index in [4.69, 9.17) is 4.74 Å². The minimum Gasteiger partial charge on any atom is -0.381 e. The van der Waals surface area contributed by atoms with Crippen molar-refractivity contribution < 1.29 is 22.7 Å². The van der Waals surface area contributed by atoms with E-state index < -0.39 is 11.7 Å². The fourth-order valence-electron chi connectivity index (χ4n) is 3.87. The summed E-state index contributed by atoms with van der Waals surface area (Å²) in [6.45, 7) is 3.38. The first-order chi connectivity index (χ1) is 12.4.